The van der Waals surface area contributed by atoms with Gasteiger partial charge in [0.15, 0.2) is 0 Å². The van der Waals surface area contributed by atoms with Gasteiger partial charge in [0, 0.05) is 12.3 Å². The van der Waals surface area contributed by atoms with Crippen LogP contribution in [-0.4, -0.2) is 5.78 Å². The summed E-state index contributed by atoms with van der Waals surface area (Å²) in [6.07, 6.45) is 4.59. The van der Waals surface area contributed by atoms with E-state index >= 15 is 0 Å². The number of carbonyl (C=O) groups excluding carboxylic acids is 1. The molecule has 1 aromatic carbocycles. The number of hydrogen-bond acceptors (Lipinski definition) is 1. The van der Waals surface area contributed by atoms with Crippen LogP contribution in [0.5, 0.6) is 0 Å². The standard InChI is InChI=1S/C16H21FO/c1-16(2)8-6-13(7-9-16)15(18)11-12-4-3-5-14(17)10-12/h3-5,10,13H,6-9,11H2,1-2H3. The third-order valence-electron chi connectivity index (χ3n) is 4.06. The summed E-state index contributed by atoms with van der Waals surface area (Å²) in [5, 5.41) is 0. The van der Waals surface area contributed by atoms with Gasteiger partial charge in [0.1, 0.15) is 11.6 Å². The Morgan fingerprint density at radius 1 is 1.33 bits per heavy atom. The molecule has 0 amide bonds. The highest BCUT2D eigenvalue weighted by atomic mass is 19.1. The van der Waals surface area contributed by atoms with E-state index in [1.165, 1.54) is 12.1 Å². The number of benzene rings is 1. The molecular formula is C16H21FO. The van der Waals surface area contributed by atoms with Crippen LogP contribution in [0.3, 0.4) is 0 Å². The minimum Gasteiger partial charge on any atom is -0.299 e. The first-order valence-electron chi connectivity index (χ1n) is 6.73. The molecule has 0 bridgehead atoms. The molecule has 18 heavy (non-hydrogen) atoms. The van der Waals surface area contributed by atoms with Crippen molar-refractivity contribution in [2.24, 2.45) is 11.3 Å². The number of rotatable bonds is 3. The molecule has 0 unspecified atom stereocenters. The highest BCUT2D eigenvalue weighted by Gasteiger charge is 2.30. The van der Waals surface area contributed by atoms with Gasteiger partial charge in [0.2, 0.25) is 0 Å². The Hall–Kier alpha value is -1.18. The molecular weight excluding hydrogens is 227 g/mol. The van der Waals surface area contributed by atoms with Crippen LogP contribution >= 0.6 is 0 Å². The highest BCUT2D eigenvalue weighted by Crippen LogP contribution is 2.38. The largest absolute Gasteiger partial charge is 0.299 e. The highest BCUT2D eigenvalue weighted by molar-refractivity contribution is 5.83. The summed E-state index contributed by atoms with van der Waals surface area (Å²) in [4.78, 5) is 12.2. The maximum absolute atomic E-state index is 13.1. The van der Waals surface area contributed by atoms with Crippen LogP contribution in [0, 0.1) is 17.2 Å². The van der Waals surface area contributed by atoms with E-state index in [0.29, 0.717) is 11.8 Å². The van der Waals surface area contributed by atoms with Gasteiger partial charge in [0.25, 0.3) is 0 Å². The predicted molar refractivity (Wildman–Crippen MR) is 70.9 cm³/mol. The van der Waals surface area contributed by atoms with Crippen molar-refractivity contribution in [1.29, 1.82) is 0 Å². The fourth-order valence-corrected chi connectivity index (χ4v) is 2.71. The average molecular weight is 248 g/mol. The maximum Gasteiger partial charge on any atom is 0.140 e. The molecule has 1 aromatic rings. The Morgan fingerprint density at radius 3 is 2.61 bits per heavy atom. The Balaban J connectivity index is 1.93. The first kappa shape index (κ1) is 13.3. The lowest BCUT2D eigenvalue weighted by Gasteiger charge is -2.33. The molecule has 1 fully saturated rings. The van der Waals surface area contributed by atoms with Crippen molar-refractivity contribution in [2.75, 3.05) is 0 Å². The number of halogens is 1. The summed E-state index contributed by atoms with van der Waals surface area (Å²) in [6.45, 7) is 4.53. The van der Waals surface area contributed by atoms with E-state index in [1.54, 1.807) is 6.07 Å². The van der Waals surface area contributed by atoms with Crippen molar-refractivity contribution >= 4 is 5.78 Å². The van der Waals surface area contributed by atoms with Crippen molar-refractivity contribution < 1.29 is 9.18 Å². The quantitative estimate of drug-likeness (QED) is 0.785. The van der Waals surface area contributed by atoms with E-state index in [9.17, 15) is 9.18 Å². The Labute approximate surface area is 108 Å². The third-order valence-corrected chi connectivity index (χ3v) is 4.06. The fraction of sp³-hybridized carbons (Fsp3) is 0.562. The normalized spacial score (nSPS) is 19.7. The topological polar surface area (TPSA) is 17.1 Å². The van der Waals surface area contributed by atoms with Gasteiger partial charge in [-0.25, -0.2) is 4.39 Å². The van der Waals surface area contributed by atoms with Crippen LogP contribution in [-0.2, 0) is 11.2 Å². The first-order chi connectivity index (χ1) is 8.46. The average Bonchev–Trinajstić information content (AvgIpc) is 2.28. The molecule has 0 heterocycles. The van der Waals surface area contributed by atoms with Crippen LogP contribution in [0.1, 0.15) is 45.1 Å². The van der Waals surface area contributed by atoms with Crippen LogP contribution in [0.15, 0.2) is 24.3 Å². The van der Waals surface area contributed by atoms with E-state index in [0.717, 1.165) is 31.2 Å². The van der Waals surface area contributed by atoms with Crippen LogP contribution in [0.25, 0.3) is 0 Å². The van der Waals surface area contributed by atoms with Gasteiger partial charge < -0.3 is 0 Å². The van der Waals surface area contributed by atoms with E-state index in [4.69, 9.17) is 0 Å². The summed E-state index contributed by atoms with van der Waals surface area (Å²) in [7, 11) is 0. The molecule has 0 radical (unpaired) electrons. The summed E-state index contributed by atoms with van der Waals surface area (Å²) in [5.41, 5.74) is 1.18. The number of Topliss-reactive ketones (excluding diaryl/α,β-unsaturated/α-hetero) is 1. The number of ketones is 1. The summed E-state index contributed by atoms with van der Waals surface area (Å²) in [6, 6.07) is 6.37. The van der Waals surface area contributed by atoms with Crippen LogP contribution < -0.4 is 0 Å². The maximum atomic E-state index is 13.1. The summed E-state index contributed by atoms with van der Waals surface area (Å²) >= 11 is 0. The van der Waals surface area contributed by atoms with Gasteiger partial charge in [-0.3, -0.25) is 4.79 Å². The first-order valence-corrected chi connectivity index (χ1v) is 6.73. The molecule has 1 saturated carbocycles. The van der Waals surface area contributed by atoms with E-state index in [-0.39, 0.29) is 17.5 Å². The lowest BCUT2D eigenvalue weighted by molar-refractivity contribution is -0.123. The zero-order valence-electron chi connectivity index (χ0n) is 11.2. The van der Waals surface area contributed by atoms with Crippen molar-refractivity contribution in [3.63, 3.8) is 0 Å². The third kappa shape index (κ3) is 3.41. The fourth-order valence-electron chi connectivity index (χ4n) is 2.71. The van der Waals surface area contributed by atoms with E-state index < -0.39 is 0 Å². The Bertz CT molecular complexity index is 426. The van der Waals surface area contributed by atoms with Gasteiger partial charge in [-0.1, -0.05) is 26.0 Å². The monoisotopic (exact) mass is 248 g/mol. The molecule has 1 nitrogen and oxygen atoms in total. The molecule has 98 valence electrons. The Morgan fingerprint density at radius 2 is 2.00 bits per heavy atom. The summed E-state index contributed by atoms with van der Waals surface area (Å²) < 4.78 is 13.1. The zero-order chi connectivity index (χ0) is 13.2. The van der Waals surface area contributed by atoms with Crippen molar-refractivity contribution in [2.45, 2.75) is 46.0 Å². The predicted octanol–water partition coefficient (Wildman–Crippen LogP) is 4.15. The minimum absolute atomic E-state index is 0.182. The minimum atomic E-state index is -0.259. The smallest absolute Gasteiger partial charge is 0.140 e. The second-order valence-electron chi connectivity index (χ2n) is 6.21. The molecule has 0 atom stereocenters. The number of hydrogen-bond donors (Lipinski definition) is 0. The summed E-state index contributed by atoms with van der Waals surface area (Å²) in [5.74, 6) is 0.197. The van der Waals surface area contributed by atoms with E-state index in [2.05, 4.69) is 13.8 Å². The van der Waals surface area contributed by atoms with Gasteiger partial charge in [-0.2, -0.15) is 0 Å². The van der Waals surface area contributed by atoms with Gasteiger partial charge >= 0.3 is 0 Å². The molecule has 0 aromatic heterocycles. The van der Waals surface area contributed by atoms with Gasteiger partial charge in [0.05, 0.1) is 0 Å². The SMILES string of the molecule is CC1(C)CCC(C(=O)Cc2cccc(F)c2)CC1. The van der Waals surface area contributed by atoms with Crippen molar-refractivity contribution in [3.05, 3.63) is 35.6 Å². The van der Waals surface area contributed by atoms with Gasteiger partial charge in [-0.05, 0) is 48.8 Å². The van der Waals surface area contributed by atoms with Gasteiger partial charge in [-0.15, -0.1) is 0 Å². The second kappa shape index (κ2) is 5.21. The molecule has 1 aliphatic rings. The van der Waals surface area contributed by atoms with Crippen LogP contribution in [0.2, 0.25) is 0 Å². The molecule has 2 heteroatoms. The lowest BCUT2D eigenvalue weighted by Crippen LogP contribution is -2.27. The second-order valence-corrected chi connectivity index (χ2v) is 6.21. The van der Waals surface area contributed by atoms with Crippen molar-refractivity contribution in [1.82, 2.24) is 0 Å². The molecule has 0 spiro atoms. The molecule has 1 aliphatic carbocycles. The molecule has 0 N–H and O–H groups in total. The molecule has 2 rings (SSSR count). The number of carbonyl (C=O) groups is 1. The zero-order valence-corrected chi connectivity index (χ0v) is 11.2. The van der Waals surface area contributed by atoms with Crippen molar-refractivity contribution in [3.8, 4) is 0 Å². The molecule has 0 aliphatic heterocycles. The molecule has 0 saturated heterocycles. The Kier molecular flexibility index (Phi) is 3.84. The lowest BCUT2D eigenvalue weighted by atomic mass is 9.71. The van der Waals surface area contributed by atoms with E-state index in [1.807, 2.05) is 6.07 Å². The van der Waals surface area contributed by atoms with Crippen LogP contribution in [0.4, 0.5) is 4.39 Å².